The first-order valence-corrected chi connectivity index (χ1v) is 12.9. The smallest absolute Gasteiger partial charge is 0.262 e. The molecule has 0 saturated heterocycles. The molecule has 0 fully saturated rings. The van der Waals surface area contributed by atoms with Gasteiger partial charge in [0.05, 0.1) is 23.2 Å². The molecular weight excluding hydrogens is 460 g/mol. The number of aryl methyl sites for hydroxylation is 3. The summed E-state index contributed by atoms with van der Waals surface area (Å²) in [5.74, 6) is -0.189. The fourth-order valence-electron chi connectivity index (χ4n) is 4.60. The summed E-state index contributed by atoms with van der Waals surface area (Å²) in [6.07, 6.45) is 4.38. The molecule has 2 N–H and O–H groups in total. The molecule has 3 heterocycles. The van der Waals surface area contributed by atoms with Crippen LogP contribution in [0.1, 0.15) is 38.6 Å². The molecule has 1 aliphatic carbocycles. The van der Waals surface area contributed by atoms with Crippen molar-refractivity contribution < 1.29 is 13.2 Å². The minimum absolute atomic E-state index is 0.0206. The lowest BCUT2D eigenvalue weighted by Gasteiger charge is -2.11. The van der Waals surface area contributed by atoms with Crippen LogP contribution < -0.4 is 10.7 Å². The number of primary sulfonamides is 1. The molecule has 4 aromatic rings. The lowest BCUT2D eigenvalue weighted by Crippen LogP contribution is -2.25. The number of thiophene rings is 1. The molecule has 0 radical (unpaired) electrons. The summed E-state index contributed by atoms with van der Waals surface area (Å²) in [6, 6.07) is 7.95. The Morgan fingerprint density at radius 1 is 1.18 bits per heavy atom. The zero-order valence-corrected chi connectivity index (χ0v) is 19.8. The van der Waals surface area contributed by atoms with Gasteiger partial charge in [0.1, 0.15) is 4.83 Å². The first-order chi connectivity index (χ1) is 15.6. The van der Waals surface area contributed by atoms with Gasteiger partial charge in [-0.15, -0.1) is 11.3 Å². The second-order valence-electron chi connectivity index (χ2n) is 8.30. The van der Waals surface area contributed by atoms with E-state index in [0.29, 0.717) is 22.3 Å². The number of benzene rings is 1. The maximum atomic E-state index is 13.2. The van der Waals surface area contributed by atoms with Crippen molar-refractivity contribution in [2.75, 3.05) is 0 Å². The van der Waals surface area contributed by atoms with Crippen molar-refractivity contribution in [3.05, 3.63) is 74.4 Å². The minimum atomic E-state index is -3.79. The highest BCUT2D eigenvalue weighted by Gasteiger charge is 2.23. The van der Waals surface area contributed by atoms with Crippen LogP contribution in [0.2, 0.25) is 0 Å². The van der Waals surface area contributed by atoms with Gasteiger partial charge < -0.3 is 4.57 Å². The van der Waals surface area contributed by atoms with Gasteiger partial charge in [-0.25, -0.2) is 18.5 Å². The fourth-order valence-corrected chi connectivity index (χ4v) is 6.33. The average molecular weight is 483 g/mol. The van der Waals surface area contributed by atoms with Crippen LogP contribution >= 0.6 is 11.3 Å². The maximum absolute atomic E-state index is 13.2. The van der Waals surface area contributed by atoms with E-state index in [1.807, 2.05) is 18.4 Å². The molecule has 0 aliphatic heterocycles. The van der Waals surface area contributed by atoms with E-state index in [2.05, 4.69) is 4.98 Å². The van der Waals surface area contributed by atoms with Crippen LogP contribution in [0, 0.1) is 13.8 Å². The largest absolute Gasteiger partial charge is 0.318 e. The summed E-state index contributed by atoms with van der Waals surface area (Å²) < 4.78 is 26.3. The predicted molar refractivity (Wildman–Crippen MR) is 127 cm³/mol. The van der Waals surface area contributed by atoms with E-state index in [-0.39, 0.29) is 22.8 Å². The molecule has 0 bridgehead atoms. The molecular formula is C23H22N4O4S2. The third kappa shape index (κ3) is 3.64. The third-order valence-corrected chi connectivity index (χ3v) is 8.29. The number of fused-ring (bicyclic) bond motifs is 3. The van der Waals surface area contributed by atoms with Crippen LogP contribution in [0.15, 0.2) is 46.3 Å². The lowest BCUT2D eigenvalue weighted by atomic mass is 10.1. The Labute approximate surface area is 194 Å². The van der Waals surface area contributed by atoms with Gasteiger partial charge in [-0.05, 0) is 69.0 Å². The van der Waals surface area contributed by atoms with E-state index < -0.39 is 10.0 Å². The molecule has 1 aliphatic rings. The Kier molecular flexibility index (Phi) is 5.11. The maximum Gasteiger partial charge on any atom is 0.262 e. The van der Waals surface area contributed by atoms with E-state index >= 15 is 0 Å². The number of rotatable bonds is 5. The molecule has 0 spiro atoms. The zero-order chi connectivity index (χ0) is 23.5. The number of ketones is 1. The molecule has 0 saturated carbocycles. The minimum Gasteiger partial charge on any atom is -0.318 e. The monoisotopic (exact) mass is 482 g/mol. The van der Waals surface area contributed by atoms with Crippen LogP contribution in [0.25, 0.3) is 15.9 Å². The number of aromatic nitrogens is 3. The molecule has 5 rings (SSSR count). The van der Waals surface area contributed by atoms with Crippen LogP contribution in [0.4, 0.5) is 0 Å². The van der Waals surface area contributed by atoms with Gasteiger partial charge in [-0.1, -0.05) is 0 Å². The Morgan fingerprint density at radius 3 is 2.61 bits per heavy atom. The highest BCUT2D eigenvalue weighted by molar-refractivity contribution is 7.89. The molecule has 1 aromatic carbocycles. The summed E-state index contributed by atoms with van der Waals surface area (Å²) in [5, 5.41) is 5.84. The highest BCUT2D eigenvalue weighted by atomic mass is 32.2. The van der Waals surface area contributed by atoms with Crippen LogP contribution in [-0.2, 0) is 29.4 Å². The number of Topliss-reactive ketones (excluding diaryl/α,β-unsaturated/α-hetero) is 1. The number of sulfonamides is 1. The van der Waals surface area contributed by atoms with E-state index in [1.165, 1.54) is 27.9 Å². The number of hydrogen-bond acceptors (Lipinski definition) is 6. The van der Waals surface area contributed by atoms with Crippen LogP contribution in [-0.4, -0.2) is 28.3 Å². The Balaban J connectivity index is 1.48. The second-order valence-corrected chi connectivity index (χ2v) is 10.9. The van der Waals surface area contributed by atoms with E-state index in [0.717, 1.165) is 35.4 Å². The van der Waals surface area contributed by atoms with Crippen molar-refractivity contribution in [1.29, 1.82) is 0 Å². The topological polar surface area (TPSA) is 117 Å². The Hall–Kier alpha value is -3.08. The standard InChI is InChI=1S/C23H22N4O4S2/c1-13-10-18(14(2)27(13)15-6-8-16(9-7-15)33(24,30)31)19(28)11-26-12-25-22-21(23(26)29)17-4-3-5-20(17)32-22/h6-10,12H,3-5,11H2,1-2H3,(H2,24,30,31). The number of carbonyl (C=O) groups is 1. The van der Waals surface area contributed by atoms with E-state index in [9.17, 15) is 18.0 Å². The van der Waals surface area contributed by atoms with Gasteiger partial charge in [0.2, 0.25) is 10.0 Å². The van der Waals surface area contributed by atoms with Crippen molar-refractivity contribution in [3.8, 4) is 5.69 Å². The van der Waals surface area contributed by atoms with Crippen LogP contribution in [0.5, 0.6) is 0 Å². The molecule has 8 nitrogen and oxygen atoms in total. The summed E-state index contributed by atoms with van der Waals surface area (Å²) in [6.45, 7) is 3.59. The van der Waals surface area contributed by atoms with Gasteiger partial charge in [0.25, 0.3) is 5.56 Å². The molecule has 0 amide bonds. The lowest BCUT2D eigenvalue weighted by molar-refractivity contribution is 0.0970. The first kappa shape index (κ1) is 21.7. The second kappa shape index (κ2) is 7.75. The van der Waals surface area contributed by atoms with Crippen molar-refractivity contribution in [2.45, 2.75) is 44.6 Å². The molecule has 33 heavy (non-hydrogen) atoms. The highest BCUT2D eigenvalue weighted by Crippen LogP contribution is 2.34. The van der Waals surface area contributed by atoms with Gasteiger partial charge in [0, 0.05) is 27.5 Å². The van der Waals surface area contributed by atoms with Crippen molar-refractivity contribution in [3.63, 3.8) is 0 Å². The molecule has 0 unspecified atom stereocenters. The van der Waals surface area contributed by atoms with E-state index in [4.69, 9.17) is 5.14 Å². The molecule has 0 atom stereocenters. The van der Waals surface area contributed by atoms with Crippen molar-refractivity contribution in [2.24, 2.45) is 5.14 Å². The summed E-state index contributed by atoms with van der Waals surface area (Å²) in [7, 11) is -3.79. The summed E-state index contributed by atoms with van der Waals surface area (Å²) in [4.78, 5) is 32.7. The van der Waals surface area contributed by atoms with Crippen LogP contribution in [0.3, 0.4) is 0 Å². The number of hydrogen-bond donors (Lipinski definition) is 1. The average Bonchev–Trinajstić information content (AvgIpc) is 3.42. The molecule has 3 aromatic heterocycles. The number of nitrogens with zero attached hydrogens (tertiary/aromatic N) is 3. The quantitative estimate of drug-likeness (QED) is 0.439. The predicted octanol–water partition coefficient (Wildman–Crippen LogP) is 2.88. The SMILES string of the molecule is Cc1cc(C(=O)Cn2cnc3sc4c(c3c2=O)CCC4)c(C)n1-c1ccc(S(N)(=O)=O)cc1. The summed E-state index contributed by atoms with van der Waals surface area (Å²) >= 11 is 1.57. The summed E-state index contributed by atoms with van der Waals surface area (Å²) in [5.41, 5.74) is 3.67. The molecule has 170 valence electrons. The van der Waals surface area contributed by atoms with Gasteiger partial charge >= 0.3 is 0 Å². The van der Waals surface area contributed by atoms with Gasteiger partial charge in [-0.3, -0.25) is 14.2 Å². The zero-order valence-electron chi connectivity index (χ0n) is 18.2. The number of nitrogens with two attached hydrogens (primary N) is 1. The fraction of sp³-hybridized carbons (Fsp3) is 0.261. The number of carbonyl (C=O) groups excluding carboxylic acids is 1. The molecule has 10 heteroatoms. The normalized spacial score (nSPS) is 13.5. The first-order valence-electron chi connectivity index (χ1n) is 10.5. The van der Waals surface area contributed by atoms with E-state index in [1.54, 1.807) is 29.5 Å². The van der Waals surface area contributed by atoms with Crippen molar-refractivity contribution >= 4 is 37.4 Å². The van der Waals surface area contributed by atoms with Crippen molar-refractivity contribution in [1.82, 2.24) is 14.1 Å². The third-order valence-electron chi connectivity index (χ3n) is 6.16. The van der Waals surface area contributed by atoms with Gasteiger partial charge in [0.15, 0.2) is 5.78 Å². The Bertz CT molecular complexity index is 1590. The van der Waals surface area contributed by atoms with Gasteiger partial charge in [-0.2, -0.15) is 0 Å². The Morgan fingerprint density at radius 2 is 1.91 bits per heavy atom.